The highest BCUT2D eigenvalue weighted by atomic mass is 127. The van der Waals surface area contributed by atoms with Crippen LogP contribution in [-0.4, -0.2) is 4.98 Å². The molecule has 0 unspecified atom stereocenters. The van der Waals surface area contributed by atoms with Crippen LogP contribution in [0, 0.1) is 3.57 Å². The molecule has 2 aromatic rings. The van der Waals surface area contributed by atoms with Crippen molar-refractivity contribution < 1.29 is 13.2 Å². The van der Waals surface area contributed by atoms with E-state index >= 15 is 0 Å². The summed E-state index contributed by atoms with van der Waals surface area (Å²) in [6, 6.07) is 7.75. The summed E-state index contributed by atoms with van der Waals surface area (Å²) in [5.74, 6) is 0. The van der Waals surface area contributed by atoms with E-state index in [0.29, 0.717) is 10.7 Å². The first-order chi connectivity index (χ1) is 8.86. The Morgan fingerprint density at radius 1 is 1.16 bits per heavy atom. The van der Waals surface area contributed by atoms with Gasteiger partial charge in [0.2, 0.25) is 0 Å². The van der Waals surface area contributed by atoms with Crippen molar-refractivity contribution in [3.8, 4) is 0 Å². The third-order valence-corrected chi connectivity index (χ3v) is 4.52. The van der Waals surface area contributed by atoms with E-state index in [0.717, 1.165) is 20.7 Å². The fraction of sp³-hybridized carbons (Fsp3) is 0.0833. The Hall–Kier alpha value is -0.960. The molecule has 1 heterocycles. The van der Waals surface area contributed by atoms with E-state index in [2.05, 4.69) is 27.6 Å². The topological polar surface area (TPSA) is 38.9 Å². The van der Waals surface area contributed by atoms with Crippen molar-refractivity contribution in [2.24, 2.45) is 0 Å². The van der Waals surface area contributed by atoms with Gasteiger partial charge >= 0.3 is 6.18 Å². The van der Waals surface area contributed by atoms with Crippen LogP contribution in [0.1, 0.15) is 5.56 Å². The monoisotopic (exact) mass is 396 g/mol. The predicted octanol–water partition coefficient (Wildman–Crippen LogP) is 4.44. The largest absolute Gasteiger partial charge is 0.417 e. The molecule has 0 aliphatic heterocycles. The highest BCUT2D eigenvalue weighted by Crippen LogP contribution is 2.33. The van der Waals surface area contributed by atoms with Crippen LogP contribution < -0.4 is 5.73 Å². The molecule has 0 aliphatic rings. The number of aromatic nitrogens is 1. The number of nitrogens with two attached hydrogens (primary N) is 1. The molecule has 0 bridgehead atoms. The van der Waals surface area contributed by atoms with Gasteiger partial charge in [0.15, 0.2) is 0 Å². The van der Waals surface area contributed by atoms with Crippen molar-refractivity contribution in [3.05, 3.63) is 45.7 Å². The number of hydrogen-bond acceptors (Lipinski definition) is 3. The molecule has 100 valence electrons. The fourth-order valence-electron chi connectivity index (χ4n) is 1.32. The lowest BCUT2D eigenvalue weighted by atomic mass is 10.3. The van der Waals surface area contributed by atoms with Crippen LogP contribution in [0.25, 0.3) is 0 Å². The molecule has 0 saturated carbocycles. The predicted molar refractivity (Wildman–Crippen MR) is 76.9 cm³/mol. The molecule has 2 rings (SSSR count). The zero-order valence-corrected chi connectivity index (χ0v) is 12.4. The summed E-state index contributed by atoms with van der Waals surface area (Å²) in [5.41, 5.74) is 5.53. The van der Waals surface area contributed by atoms with Crippen LogP contribution in [0.4, 0.5) is 18.9 Å². The Morgan fingerprint density at radius 3 is 2.42 bits per heavy atom. The Labute approximate surface area is 125 Å². The molecule has 0 amide bonds. The van der Waals surface area contributed by atoms with Crippen LogP contribution in [0.5, 0.6) is 0 Å². The van der Waals surface area contributed by atoms with Crippen molar-refractivity contribution in [1.82, 2.24) is 4.98 Å². The Kier molecular flexibility index (Phi) is 4.24. The van der Waals surface area contributed by atoms with Gasteiger partial charge in [-0.3, -0.25) is 0 Å². The molecule has 0 aliphatic carbocycles. The lowest BCUT2D eigenvalue weighted by Crippen LogP contribution is -2.05. The zero-order valence-electron chi connectivity index (χ0n) is 9.41. The second-order valence-electron chi connectivity index (χ2n) is 3.67. The number of nitrogen functional groups attached to an aromatic ring is 1. The highest BCUT2D eigenvalue weighted by Gasteiger charge is 2.30. The first kappa shape index (κ1) is 14.4. The molecule has 2 N–H and O–H groups in total. The van der Waals surface area contributed by atoms with Crippen molar-refractivity contribution in [2.75, 3.05) is 5.73 Å². The van der Waals surface area contributed by atoms with Crippen LogP contribution in [0.3, 0.4) is 0 Å². The van der Waals surface area contributed by atoms with E-state index in [1.807, 2.05) is 6.07 Å². The molecule has 2 nitrogen and oxygen atoms in total. The van der Waals surface area contributed by atoms with Crippen molar-refractivity contribution in [2.45, 2.75) is 16.1 Å². The van der Waals surface area contributed by atoms with Crippen molar-refractivity contribution in [3.63, 3.8) is 0 Å². The SMILES string of the molecule is Nc1ccc(Sc2ccc(C(F)(F)F)cn2)c(I)c1. The molecule has 0 saturated heterocycles. The van der Waals surface area contributed by atoms with Gasteiger partial charge in [-0.15, -0.1) is 0 Å². The van der Waals surface area contributed by atoms with E-state index in [9.17, 15) is 13.2 Å². The third-order valence-electron chi connectivity index (χ3n) is 2.23. The van der Waals surface area contributed by atoms with Gasteiger partial charge in [-0.2, -0.15) is 13.2 Å². The first-order valence-corrected chi connectivity index (χ1v) is 7.02. The van der Waals surface area contributed by atoms with Gasteiger partial charge in [0.1, 0.15) is 5.03 Å². The normalized spacial score (nSPS) is 11.6. The van der Waals surface area contributed by atoms with Crippen LogP contribution in [-0.2, 0) is 6.18 Å². The number of hydrogen-bond donors (Lipinski definition) is 1. The smallest absolute Gasteiger partial charge is 0.399 e. The maximum Gasteiger partial charge on any atom is 0.417 e. The first-order valence-electron chi connectivity index (χ1n) is 5.12. The van der Waals surface area contributed by atoms with Crippen molar-refractivity contribution in [1.29, 1.82) is 0 Å². The summed E-state index contributed by atoms with van der Waals surface area (Å²) in [6.45, 7) is 0. The van der Waals surface area contributed by atoms with Gasteiger partial charge in [-0.05, 0) is 52.9 Å². The molecule has 19 heavy (non-hydrogen) atoms. The molecule has 0 atom stereocenters. The zero-order chi connectivity index (χ0) is 14.0. The molecular formula is C12H8F3IN2S. The second kappa shape index (κ2) is 5.58. The summed E-state index contributed by atoms with van der Waals surface area (Å²) in [4.78, 5) is 4.72. The summed E-state index contributed by atoms with van der Waals surface area (Å²) >= 11 is 3.42. The van der Waals surface area contributed by atoms with Gasteiger partial charge in [-0.25, -0.2) is 4.98 Å². The Balaban J connectivity index is 2.20. The van der Waals surface area contributed by atoms with Gasteiger partial charge < -0.3 is 5.73 Å². The Morgan fingerprint density at radius 2 is 1.89 bits per heavy atom. The number of pyridine rings is 1. The lowest BCUT2D eigenvalue weighted by molar-refractivity contribution is -0.137. The highest BCUT2D eigenvalue weighted by molar-refractivity contribution is 14.1. The number of anilines is 1. The van der Waals surface area contributed by atoms with Crippen molar-refractivity contribution >= 4 is 40.0 Å². The summed E-state index contributed by atoms with van der Waals surface area (Å²) in [6.07, 6.45) is -3.52. The molecule has 0 spiro atoms. The lowest BCUT2D eigenvalue weighted by Gasteiger charge is -2.07. The molecule has 7 heteroatoms. The molecule has 0 radical (unpaired) electrons. The maximum absolute atomic E-state index is 12.4. The Bertz CT molecular complexity index is 585. The van der Waals surface area contributed by atoms with Gasteiger partial charge in [-0.1, -0.05) is 11.8 Å². The quantitative estimate of drug-likeness (QED) is 0.603. The standard InChI is InChI=1S/C12H8F3IN2S/c13-12(14,15)7-1-4-11(18-6-7)19-10-3-2-8(17)5-9(10)16/h1-6H,17H2. The summed E-state index contributed by atoms with van der Waals surface area (Å²) in [5, 5.41) is 0.510. The average molecular weight is 396 g/mol. The van der Waals surface area contributed by atoms with E-state index in [1.165, 1.54) is 17.8 Å². The molecular weight excluding hydrogens is 388 g/mol. The van der Waals surface area contributed by atoms with Gasteiger partial charge in [0.05, 0.1) is 5.56 Å². The minimum absolute atomic E-state index is 0.510. The summed E-state index contributed by atoms with van der Waals surface area (Å²) in [7, 11) is 0. The third kappa shape index (κ3) is 3.75. The van der Waals surface area contributed by atoms with Crippen LogP contribution in [0.2, 0.25) is 0 Å². The average Bonchev–Trinajstić information content (AvgIpc) is 2.32. The van der Waals surface area contributed by atoms with Gasteiger partial charge in [0.25, 0.3) is 0 Å². The van der Waals surface area contributed by atoms with Crippen LogP contribution >= 0.6 is 34.4 Å². The number of rotatable bonds is 2. The van der Waals surface area contributed by atoms with E-state index in [-0.39, 0.29) is 0 Å². The minimum atomic E-state index is -4.36. The fourth-order valence-corrected chi connectivity index (χ4v) is 2.95. The van der Waals surface area contributed by atoms with E-state index in [1.54, 1.807) is 12.1 Å². The van der Waals surface area contributed by atoms with E-state index in [4.69, 9.17) is 5.73 Å². The number of alkyl halides is 3. The van der Waals surface area contributed by atoms with E-state index < -0.39 is 11.7 Å². The maximum atomic E-state index is 12.4. The number of benzene rings is 1. The van der Waals surface area contributed by atoms with Gasteiger partial charge in [0, 0.05) is 20.3 Å². The van der Waals surface area contributed by atoms with Crippen LogP contribution in [0.15, 0.2) is 46.5 Å². The number of halogens is 4. The molecule has 1 aromatic heterocycles. The number of nitrogens with zero attached hydrogens (tertiary/aromatic N) is 1. The summed E-state index contributed by atoms with van der Waals surface area (Å²) < 4.78 is 38.1. The molecule has 1 aromatic carbocycles. The second-order valence-corrected chi connectivity index (χ2v) is 5.90. The minimum Gasteiger partial charge on any atom is -0.399 e. The molecule has 0 fully saturated rings.